The Morgan fingerprint density at radius 1 is 1.38 bits per heavy atom. The van der Waals surface area contributed by atoms with E-state index in [0.717, 1.165) is 12.3 Å². The van der Waals surface area contributed by atoms with Gasteiger partial charge in [-0.3, -0.25) is 0 Å². The predicted octanol–water partition coefficient (Wildman–Crippen LogP) is 2.96. The van der Waals surface area contributed by atoms with Crippen LogP contribution in [0.4, 0.5) is 0 Å². The van der Waals surface area contributed by atoms with Crippen molar-refractivity contribution in [2.24, 2.45) is 11.8 Å². The molecule has 1 aliphatic rings. The molecule has 0 saturated heterocycles. The third-order valence-corrected chi connectivity index (χ3v) is 4.19. The molecule has 1 atom stereocenters. The molecule has 0 aliphatic heterocycles. The molecule has 2 rings (SSSR count). The van der Waals surface area contributed by atoms with Crippen molar-refractivity contribution >= 4 is 12.6 Å². The topological polar surface area (TPSA) is 17.8 Å². The lowest BCUT2D eigenvalue weighted by Gasteiger charge is -2.21. The van der Waals surface area contributed by atoms with Gasteiger partial charge in [0.15, 0.2) is 0 Å². The molecule has 1 aromatic rings. The number of aryl methyl sites for hydroxylation is 1. The van der Waals surface area contributed by atoms with Crippen LogP contribution >= 0.6 is 12.6 Å². The third kappa shape index (κ3) is 2.45. The summed E-state index contributed by atoms with van der Waals surface area (Å²) in [7, 11) is 0. The van der Waals surface area contributed by atoms with Gasteiger partial charge >= 0.3 is 0 Å². The summed E-state index contributed by atoms with van der Waals surface area (Å²) in [6.45, 7) is 5.65. The van der Waals surface area contributed by atoms with E-state index in [1.165, 1.54) is 37.1 Å². The maximum atomic E-state index is 4.54. The molecule has 0 aromatic carbocycles. The molecule has 0 amide bonds. The van der Waals surface area contributed by atoms with Gasteiger partial charge in [0.05, 0.1) is 12.0 Å². The molecule has 3 heteroatoms. The van der Waals surface area contributed by atoms with Crippen LogP contribution in [0.15, 0.2) is 6.33 Å². The van der Waals surface area contributed by atoms with E-state index >= 15 is 0 Å². The second-order valence-corrected chi connectivity index (χ2v) is 5.55. The normalized spacial score (nSPS) is 17.5. The highest BCUT2D eigenvalue weighted by Gasteiger charge is 2.18. The molecular formula is C13H22N2S. The van der Waals surface area contributed by atoms with Gasteiger partial charge < -0.3 is 4.57 Å². The predicted molar refractivity (Wildman–Crippen MR) is 71.1 cm³/mol. The fourth-order valence-corrected chi connectivity index (χ4v) is 2.96. The Hall–Kier alpha value is -0.440. The maximum absolute atomic E-state index is 4.54. The van der Waals surface area contributed by atoms with Crippen molar-refractivity contribution in [2.45, 2.75) is 46.1 Å². The highest BCUT2D eigenvalue weighted by atomic mass is 32.1. The van der Waals surface area contributed by atoms with Crippen LogP contribution in [0.2, 0.25) is 0 Å². The SMILES string of the molecule is CC(C)C(CS)Cn1cnc2c1CCCC2. The Bertz CT molecular complexity index is 344. The summed E-state index contributed by atoms with van der Waals surface area (Å²) in [6.07, 6.45) is 7.06. The van der Waals surface area contributed by atoms with Crippen LogP contribution in [-0.4, -0.2) is 15.3 Å². The van der Waals surface area contributed by atoms with Gasteiger partial charge in [-0.2, -0.15) is 12.6 Å². The van der Waals surface area contributed by atoms with Crippen molar-refractivity contribution in [3.05, 3.63) is 17.7 Å². The van der Waals surface area contributed by atoms with Gasteiger partial charge in [0.2, 0.25) is 0 Å². The van der Waals surface area contributed by atoms with E-state index in [1.54, 1.807) is 0 Å². The van der Waals surface area contributed by atoms with E-state index in [2.05, 4.69) is 36.0 Å². The van der Waals surface area contributed by atoms with E-state index in [1.807, 2.05) is 6.33 Å². The van der Waals surface area contributed by atoms with E-state index in [9.17, 15) is 0 Å². The van der Waals surface area contributed by atoms with Gasteiger partial charge in [-0.05, 0) is 43.3 Å². The number of imidazole rings is 1. The fourth-order valence-electron chi connectivity index (χ4n) is 2.42. The fraction of sp³-hybridized carbons (Fsp3) is 0.769. The average molecular weight is 238 g/mol. The lowest BCUT2D eigenvalue weighted by Crippen LogP contribution is -2.20. The molecule has 2 nitrogen and oxygen atoms in total. The number of hydrogen-bond donors (Lipinski definition) is 1. The summed E-state index contributed by atoms with van der Waals surface area (Å²) in [5.74, 6) is 2.31. The molecule has 0 fully saturated rings. The van der Waals surface area contributed by atoms with Crippen LogP contribution in [0.5, 0.6) is 0 Å². The quantitative estimate of drug-likeness (QED) is 0.799. The summed E-state index contributed by atoms with van der Waals surface area (Å²) >= 11 is 4.46. The van der Waals surface area contributed by atoms with E-state index in [-0.39, 0.29) is 0 Å². The molecule has 0 saturated carbocycles. The lowest BCUT2D eigenvalue weighted by molar-refractivity contribution is 0.366. The zero-order valence-electron chi connectivity index (χ0n) is 10.3. The Morgan fingerprint density at radius 2 is 2.12 bits per heavy atom. The first kappa shape index (κ1) is 12.0. The van der Waals surface area contributed by atoms with Crippen molar-refractivity contribution in [3.8, 4) is 0 Å². The molecule has 90 valence electrons. The van der Waals surface area contributed by atoms with Gasteiger partial charge in [0.25, 0.3) is 0 Å². The summed E-state index contributed by atoms with van der Waals surface area (Å²) in [6, 6.07) is 0. The van der Waals surface area contributed by atoms with Crippen molar-refractivity contribution in [1.29, 1.82) is 0 Å². The van der Waals surface area contributed by atoms with E-state index in [4.69, 9.17) is 0 Å². The summed E-state index contributed by atoms with van der Waals surface area (Å²) in [5, 5.41) is 0. The molecule has 1 aromatic heterocycles. The van der Waals surface area contributed by atoms with E-state index in [0.29, 0.717) is 11.8 Å². The average Bonchev–Trinajstić information content (AvgIpc) is 2.69. The Morgan fingerprint density at radius 3 is 2.81 bits per heavy atom. The smallest absolute Gasteiger partial charge is 0.0951 e. The molecule has 1 heterocycles. The van der Waals surface area contributed by atoms with Crippen LogP contribution in [0.1, 0.15) is 38.1 Å². The summed E-state index contributed by atoms with van der Waals surface area (Å²) in [5.41, 5.74) is 2.83. The zero-order chi connectivity index (χ0) is 11.5. The minimum Gasteiger partial charge on any atom is -0.334 e. The molecule has 0 radical (unpaired) electrons. The van der Waals surface area contributed by atoms with Crippen molar-refractivity contribution in [1.82, 2.24) is 9.55 Å². The highest BCUT2D eigenvalue weighted by molar-refractivity contribution is 7.80. The summed E-state index contributed by atoms with van der Waals surface area (Å²) in [4.78, 5) is 4.54. The number of fused-ring (bicyclic) bond motifs is 1. The number of thiol groups is 1. The number of rotatable bonds is 4. The largest absolute Gasteiger partial charge is 0.334 e. The monoisotopic (exact) mass is 238 g/mol. The van der Waals surface area contributed by atoms with Gasteiger partial charge in [0, 0.05) is 12.2 Å². The number of nitrogens with zero attached hydrogens (tertiary/aromatic N) is 2. The molecule has 0 bridgehead atoms. The lowest BCUT2D eigenvalue weighted by atomic mass is 9.96. The van der Waals surface area contributed by atoms with Crippen LogP contribution in [0, 0.1) is 11.8 Å². The van der Waals surface area contributed by atoms with E-state index < -0.39 is 0 Å². The van der Waals surface area contributed by atoms with Gasteiger partial charge in [-0.15, -0.1) is 0 Å². The summed E-state index contributed by atoms with van der Waals surface area (Å²) < 4.78 is 2.37. The van der Waals surface area contributed by atoms with Crippen LogP contribution in [0.3, 0.4) is 0 Å². The number of aromatic nitrogens is 2. The van der Waals surface area contributed by atoms with Crippen molar-refractivity contribution in [2.75, 3.05) is 5.75 Å². The molecule has 16 heavy (non-hydrogen) atoms. The minimum atomic E-state index is 0.656. The van der Waals surface area contributed by atoms with Crippen LogP contribution < -0.4 is 0 Å². The van der Waals surface area contributed by atoms with Crippen LogP contribution in [-0.2, 0) is 19.4 Å². The first-order chi connectivity index (χ1) is 7.72. The molecule has 0 N–H and O–H groups in total. The Balaban J connectivity index is 2.12. The first-order valence-corrected chi connectivity index (χ1v) is 6.99. The maximum Gasteiger partial charge on any atom is 0.0951 e. The molecule has 0 spiro atoms. The third-order valence-electron chi connectivity index (χ3n) is 3.72. The first-order valence-electron chi connectivity index (χ1n) is 6.36. The molecule has 1 unspecified atom stereocenters. The number of hydrogen-bond acceptors (Lipinski definition) is 2. The second kappa shape index (κ2) is 5.26. The second-order valence-electron chi connectivity index (χ2n) is 5.18. The van der Waals surface area contributed by atoms with Gasteiger partial charge in [0.1, 0.15) is 0 Å². The van der Waals surface area contributed by atoms with Crippen LogP contribution in [0.25, 0.3) is 0 Å². The Labute approximate surface area is 104 Å². The standard InChI is InChI=1S/C13H22N2S/c1-10(2)11(8-16)7-15-9-14-12-5-3-4-6-13(12)15/h9-11,16H,3-8H2,1-2H3. The zero-order valence-corrected chi connectivity index (χ0v) is 11.2. The molecule has 1 aliphatic carbocycles. The highest BCUT2D eigenvalue weighted by Crippen LogP contribution is 2.22. The van der Waals surface area contributed by atoms with Crippen molar-refractivity contribution in [3.63, 3.8) is 0 Å². The van der Waals surface area contributed by atoms with Gasteiger partial charge in [-0.1, -0.05) is 13.8 Å². The molecular weight excluding hydrogens is 216 g/mol. The van der Waals surface area contributed by atoms with Crippen molar-refractivity contribution < 1.29 is 0 Å². The minimum absolute atomic E-state index is 0.656. The Kier molecular flexibility index (Phi) is 3.95. The van der Waals surface area contributed by atoms with Gasteiger partial charge in [-0.25, -0.2) is 4.98 Å².